The van der Waals surface area contributed by atoms with Gasteiger partial charge in [-0.1, -0.05) is 12.1 Å². The SMILES string of the molecule is COCCNC(=O)CNc1ccccc1C(N)=O. The van der Waals surface area contributed by atoms with Crippen molar-refractivity contribution in [3.05, 3.63) is 29.8 Å². The number of para-hydroxylation sites is 1. The first-order chi connectivity index (χ1) is 8.65. The van der Waals surface area contributed by atoms with Crippen LogP contribution in [0.1, 0.15) is 10.4 Å². The molecule has 0 aromatic heterocycles. The van der Waals surface area contributed by atoms with Crippen LogP contribution in [-0.4, -0.2) is 38.6 Å². The highest BCUT2D eigenvalue weighted by Gasteiger charge is 2.07. The van der Waals surface area contributed by atoms with Gasteiger partial charge in [0.2, 0.25) is 5.91 Å². The molecule has 18 heavy (non-hydrogen) atoms. The number of hydrogen-bond acceptors (Lipinski definition) is 4. The minimum absolute atomic E-state index is 0.0774. The number of amides is 2. The first kappa shape index (κ1) is 14.0. The molecule has 6 heteroatoms. The fraction of sp³-hybridized carbons (Fsp3) is 0.333. The zero-order valence-electron chi connectivity index (χ0n) is 10.2. The summed E-state index contributed by atoms with van der Waals surface area (Å²) < 4.78 is 4.81. The Morgan fingerprint density at radius 1 is 1.33 bits per heavy atom. The van der Waals surface area contributed by atoms with Gasteiger partial charge in [-0.05, 0) is 12.1 Å². The third kappa shape index (κ3) is 4.42. The first-order valence-electron chi connectivity index (χ1n) is 5.53. The van der Waals surface area contributed by atoms with Gasteiger partial charge in [-0.15, -0.1) is 0 Å². The van der Waals surface area contributed by atoms with Crippen LogP contribution in [0, 0.1) is 0 Å². The lowest BCUT2D eigenvalue weighted by Gasteiger charge is -2.10. The normalized spacial score (nSPS) is 9.83. The van der Waals surface area contributed by atoms with Gasteiger partial charge in [-0.2, -0.15) is 0 Å². The Morgan fingerprint density at radius 3 is 2.72 bits per heavy atom. The second kappa shape index (κ2) is 7.29. The molecule has 0 aliphatic rings. The number of nitrogens with one attached hydrogen (secondary N) is 2. The Labute approximate surface area is 105 Å². The van der Waals surface area contributed by atoms with E-state index >= 15 is 0 Å². The third-order valence-electron chi connectivity index (χ3n) is 2.26. The number of carbonyl (C=O) groups excluding carboxylic acids is 2. The molecule has 0 unspecified atom stereocenters. The molecule has 0 heterocycles. The fourth-order valence-electron chi connectivity index (χ4n) is 1.38. The van der Waals surface area contributed by atoms with E-state index in [9.17, 15) is 9.59 Å². The second-order valence-electron chi connectivity index (χ2n) is 3.61. The zero-order valence-corrected chi connectivity index (χ0v) is 10.2. The maximum atomic E-state index is 11.4. The monoisotopic (exact) mass is 251 g/mol. The number of carbonyl (C=O) groups is 2. The molecule has 0 spiro atoms. The molecule has 1 aromatic rings. The Kier molecular flexibility index (Phi) is 5.66. The minimum Gasteiger partial charge on any atom is -0.383 e. The van der Waals surface area contributed by atoms with Crippen LogP contribution in [0.15, 0.2) is 24.3 Å². The van der Waals surface area contributed by atoms with E-state index in [2.05, 4.69) is 10.6 Å². The number of nitrogens with two attached hydrogens (primary N) is 1. The third-order valence-corrected chi connectivity index (χ3v) is 2.26. The number of primary amides is 1. The van der Waals surface area contributed by atoms with E-state index in [1.165, 1.54) is 0 Å². The summed E-state index contributed by atoms with van der Waals surface area (Å²) in [5, 5.41) is 5.53. The molecule has 0 fully saturated rings. The van der Waals surface area contributed by atoms with Gasteiger partial charge in [-0.25, -0.2) is 0 Å². The van der Waals surface area contributed by atoms with Crippen LogP contribution in [0.5, 0.6) is 0 Å². The number of hydrogen-bond donors (Lipinski definition) is 3. The van der Waals surface area contributed by atoms with Crippen molar-refractivity contribution >= 4 is 17.5 Å². The van der Waals surface area contributed by atoms with E-state index in [-0.39, 0.29) is 12.5 Å². The second-order valence-corrected chi connectivity index (χ2v) is 3.61. The highest BCUT2D eigenvalue weighted by Crippen LogP contribution is 2.13. The van der Waals surface area contributed by atoms with Gasteiger partial charge < -0.3 is 21.1 Å². The average molecular weight is 251 g/mol. The van der Waals surface area contributed by atoms with Crippen LogP contribution < -0.4 is 16.4 Å². The number of methoxy groups -OCH3 is 1. The highest BCUT2D eigenvalue weighted by molar-refractivity contribution is 5.98. The van der Waals surface area contributed by atoms with Crippen molar-refractivity contribution in [2.45, 2.75) is 0 Å². The maximum Gasteiger partial charge on any atom is 0.250 e. The molecule has 1 rings (SSSR count). The quantitative estimate of drug-likeness (QED) is 0.593. The summed E-state index contributed by atoms with van der Waals surface area (Å²) in [6.07, 6.45) is 0. The van der Waals surface area contributed by atoms with Crippen LogP contribution in [0.2, 0.25) is 0 Å². The topological polar surface area (TPSA) is 93.4 Å². The van der Waals surface area contributed by atoms with Gasteiger partial charge in [0.1, 0.15) is 0 Å². The zero-order chi connectivity index (χ0) is 13.4. The van der Waals surface area contributed by atoms with Gasteiger partial charge >= 0.3 is 0 Å². The van der Waals surface area contributed by atoms with Gasteiger partial charge in [0.05, 0.1) is 18.7 Å². The van der Waals surface area contributed by atoms with Crippen LogP contribution in [0.4, 0.5) is 5.69 Å². The summed E-state index contributed by atoms with van der Waals surface area (Å²) in [7, 11) is 1.56. The van der Waals surface area contributed by atoms with E-state index in [1.54, 1.807) is 31.4 Å². The van der Waals surface area contributed by atoms with Crippen molar-refractivity contribution in [2.75, 3.05) is 32.1 Å². The Bertz CT molecular complexity index is 421. The summed E-state index contributed by atoms with van der Waals surface area (Å²) in [5.41, 5.74) is 6.13. The van der Waals surface area contributed by atoms with Gasteiger partial charge in [0.25, 0.3) is 5.91 Å². The Balaban J connectivity index is 2.48. The molecule has 0 atom stereocenters. The van der Waals surface area contributed by atoms with Crippen LogP contribution in [-0.2, 0) is 9.53 Å². The molecular formula is C12H17N3O3. The van der Waals surface area contributed by atoms with E-state index < -0.39 is 5.91 Å². The molecule has 0 aliphatic heterocycles. The molecule has 1 aromatic carbocycles. The summed E-state index contributed by atoms with van der Waals surface area (Å²) in [6.45, 7) is 0.992. The number of anilines is 1. The molecule has 0 aliphatic carbocycles. The van der Waals surface area contributed by atoms with E-state index in [0.717, 1.165) is 0 Å². The predicted octanol–water partition coefficient (Wildman–Crippen LogP) is -0.0400. The summed E-state index contributed by atoms with van der Waals surface area (Å²) in [6, 6.07) is 6.78. The van der Waals surface area contributed by atoms with Crippen LogP contribution in [0.3, 0.4) is 0 Å². The molecule has 0 saturated carbocycles. The lowest BCUT2D eigenvalue weighted by Crippen LogP contribution is -2.32. The van der Waals surface area contributed by atoms with Gasteiger partial charge in [0.15, 0.2) is 0 Å². The van der Waals surface area contributed by atoms with Crippen molar-refractivity contribution < 1.29 is 14.3 Å². The van der Waals surface area contributed by atoms with Gasteiger partial charge in [-0.3, -0.25) is 9.59 Å². The molecule has 0 bridgehead atoms. The smallest absolute Gasteiger partial charge is 0.250 e. The summed E-state index contributed by atoms with van der Waals surface area (Å²) in [5.74, 6) is -0.704. The van der Waals surface area contributed by atoms with E-state index in [4.69, 9.17) is 10.5 Å². The first-order valence-corrected chi connectivity index (χ1v) is 5.53. The maximum absolute atomic E-state index is 11.4. The molecule has 4 N–H and O–H groups in total. The lowest BCUT2D eigenvalue weighted by atomic mass is 10.1. The largest absolute Gasteiger partial charge is 0.383 e. The van der Waals surface area contributed by atoms with Gasteiger partial charge in [0, 0.05) is 19.3 Å². The number of benzene rings is 1. The fourth-order valence-corrected chi connectivity index (χ4v) is 1.38. The van der Waals surface area contributed by atoms with E-state index in [1.807, 2.05) is 0 Å². The van der Waals surface area contributed by atoms with Crippen molar-refractivity contribution in [3.8, 4) is 0 Å². The molecule has 98 valence electrons. The molecule has 0 radical (unpaired) electrons. The summed E-state index contributed by atoms with van der Waals surface area (Å²) in [4.78, 5) is 22.6. The van der Waals surface area contributed by atoms with Crippen molar-refractivity contribution in [2.24, 2.45) is 5.73 Å². The predicted molar refractivity (Wildman–Crippen MR) is 68.3 cm³/mol. The molecule has 2 amide bonds. The summed E-state index contributed by atoms with van der Waals surface area (Å²) >= 11 is 0. The standard InChI is InChI=1S/C12H17N3O3/c1-18-7-6-14-11(16)8-15-10-5-3-2-4-9(10)12(13)17/h2-5,15H,6-8H2,1H3,(H2,13,17)(H,14,16). The lowest BCUT2D eigenvalue weighted by molar-refractivity contribution is -0.119. The average Bonchev–Trinajstić information content (AvgIpc) is 2.37. The highest BCUT2D eigenvalue weighted by atomic mass is 16.5. The van der Waals surface area contributed by atoms with E-state index in [0.29, 0.717) is 24.4 Å². The molecular weight excluding hydrogens is 234 g/mol. The van der Waals surface area contributed by atoms with Crippen molar-refractivity contribution in [1.29, 1.82) is 0 Å². The minimum atomic E-state index is -0.530. The van der Waals surface area contributed by atoms with Crippen molar-refractivity contribution in [3.63, 3.8) is 0 Å². The Morgan fingerprint density at radius 2 is 2.06 bits per heavy atom. The molecule has 0 saturated heterocycles. The van der Waals surface area contributed by atoms with Crippen molar-refractivity contribution in [1.82, 2.24) is 5.32 Å². The van der Waals surface area contributed by atoms with Crippen LogP contribution >= 0.6 is 0 Å². The van der Waals surface area contributed by atoms with Crippen LogP contribution in [0.25, 0.3) is 0 Å². The number of rotatable bonds is 7. The Hall–Kier alpha value is -2.08. The number of ether oxygens (including phenoxy) is 1. The molecule has 6 nitrogen and oxygen atoms in total.